The van der Waals surface area contributed by atoms with Crippen LogP contribution in [-0.4, -0.2) is 0 Å². The third-order valence-corrected chi connectivity index (χ3v) is 0.986. The molecule has 11 heavy (non-hydrogen) atoms. The van der Waals surface area contributed by atoms with Crippen LogP contribution in [0.3, 0.4) is 0 Å². The molecule has 0 rings (SSSR count). The van der Waals surface area contributed by atoms with Crippen molar-refractivity contribution in [2.24, 2.45) is 0 Å². The van der Waals surface area contributed by atoms with Crippen molar-refractivity contribution < 1.29 is 16.5 Å². The maximum absolute atomic E-state index is 3.62. The zero-order valence-electron chi connectivity index (χ0n) is 7.89. The molecule has 0 aliphatic heterocycles. The number of hydrogen-bond donors (Lipinski definition) is 0. The second-order valence-electron chi connectivity index (χ2n) is 2.27. The third kappa shape index (κ3) is 41.9. The first-order valence-electron chi connectivity index (χ1n) is 3.44. The summed E-state index contributed by atoms with van der Waals surface area (Å²) in [5.74, 6) is 0. The van der Waals surface area contributed by atoms with Gasteiger partial charge in [0.2, 0.25) is 0 Å². The zero-order valence-corrected chi connectivity index (χ0v) is 8.87. The summed E-state index contributed by atoms with van der Waals surface area (Å²) in [5, 5.41) is 0. The molecule has 0 aromatic heterocycles. The van der Waals surface area contributed by atoms with Gasteiger partial charge in [0.25, 0.3) is 0 Å². The molecule has 0 aromatic rings. The van der Waals surface area contributed by atoms with Crippen molar-refractivity contribution in [2.45, 2.75) is 27.7 Å². The third-order valence-electron chi connectivity index (χ3n) is 0.986. The quantitative estimate of drug-likeness (QED) is 0.468. The Labute approximate surface area is 81.7 Å². The van der Waals surface area contributed by atoms with Gasteiger partial charge in [-0.3, -0.25) is 0 Å². The first-order chi connectivity index (χ1) is 4.54. The van der Waals surface area contributed by atoms with Crippen LogP contribution in [0.4, 0.5) is 0 Å². The molecular weight excluding hydrogens is 179 g/mol. The molecule has 1 heteroatoms. The van der Waals surface area contributed by atoms with Crippen molar-refractivity contribution in [1.82, 2.24) is 0 Å². The summed E-state index contributed by atoms with van der Waals surface area (Å²) in [6.45, 7) is 15.1. The van der Waals surface area contributed by atoms with Gasteiger partial charge in [-0.2, -0.15) is 0 Å². The summed E-state index contributed by atoms with van der Waals surface area (Å²) < 4.78 is 0. The van der Waals surface area contributed by atoms with E-state index in [4.69, 9.17) is 0 Å². The molecule has 0 N–H and O–H groups in total. The molecule has 0 unspecified atom stereocenters. The minimum absolute atomic E-state index is 0. The topological polar surface area (TPSA) is 0 Å². The normalized spacial score (nSPS) is 6.18. The van der Waals surface area contributed by atoms with Crippen LogP contribution in [0.1, 0.15) is 27.7 Å². The molecule has 0 aliphatic rings. The average Bonchev–Trinajstić information content (AvgIpc) is 1.89. The molecule has 0 fully saturated rings. The van der Waals surface area contributed by atoms with Crippen molar-refractivity contribution in [3.63, 3.8) is 0 Å². The molecule has 68 valence electrons. The molecule has 0 saturated carbocycles. The number of rotatable bonds is 2. The van der Waals surface area contributed by atoms with Crippen molar-refractivity contribution >= 4 is 0 Å². The fourth-order valence-electron chi connectivity index (χ4n) is 0. The van der Waals surface area contributed by atoms with E-state index in [1.165, 1.54) is 0 Å². The predicted molar refractivity (Wildman–Crippen MR) is 49.6 cm³/mol. The molecule has 0 heterocycles. The van der Waals surface area contributed by atoms with E-state index in [0.717, 1.165) is 11.1 Å². The molecule has 0 bridgehead atoms. The minimum atomic E-state index is 0. The average molecular weight is 197 g/mol. The van der Waals surface area contributed by atoms with Crippen LogP contribution in [0.5, 0.6) is 0 Å². The fraction of sp³-hybridized carbons (Fsp3) is 0.400. The SMILES string of the molecule is C=C(C)[CH-]C.C=C(C)[CH-]C.[Ni+2]. The van der Waals surface area contributed by atoms with Crippen molar-refractivity contribution in [3.05, 3.63) is 37.1 Å². The summed E-state index contributed by atoms with van der Waals surface area (Å²) in [7, 11) is 0. The Bertz CT molecular complexity index is 89.4. The standard InChI is InChI=1S/2C5H9.Ni/c2*1-4-5(2)3;/h2*4H,2H2,1,3H3;/q2*-1;+2. The van der Waals surface area contributed by atoms with Gasteiger partial charge in [0.1, 0.15) is 0 Å². The predicted octanol–water partition coefficient (Wildman–Crippen LogP) is 3.57. The van der Waals surface area contributed by atoms with Crippen LogP contribution < -0.4 is 0 Å². The van der Waals surface area contributed by atoms with Gasteiger partial charge < -0.3 is 0 Å². The van der Waals surface area contributed by atoms with Crippen LogP contribution >= 0.6 is 0 Å². The number of hydrogen-bond acceptors (Lipinski definition) is 0. The van der Waals surface area contributed by atoms with Gasteiger partial charge in [0.05, 0.1) is 0 Å². The van der Waals surface area contributed by atoms with E-state index in [2.05, 4.69) is 13.2 Å². The van der Waals surface area contributed by atoms with Gasteiger partial charge in [0, 0.05) is 0 Å². The van der Waals surface area contributed by atoms with E-state index >= 15 is 0 Å². The van der Waals surface area contributed by atoms with Gasteiger partial charge in [0.15, 0.2) is 0 Å². The van der Waals surface area contributed by atoms with Crippen molar-refractivity contribution in [3.8, 4) is 0 Å². The monoisotopic (exact) mass is 196 g/mol. The molecule has 0 atom stereocenters. The second kappa shape index (κ2) is 12.4. The largest absolute Gasteiger partial charge is 2.00 e. The molecule has 0 spiro atoms. The summed E-state index contributed by atoms with van der Waals surface area (Å²) in [4.78, 5) is 0. The van der Waals surface area contributed by atoms with Gasteiger partial charge in [-0.05, 0) is 0 Å². The van der Waals surface area contributed by atoms with Gasteiger partial charge in [-0.1, -0.05) is 13.8 Å². The Hall–Kier alpha value is -0.286. The van der Waals surface area contributed by atoms with Crippen LogP contribution in [0.25, 0.3) is 0 Å². The van der Waals surface area contributed by atoms with Gasteiger partial charge >= 0.3 is 16.5 Å². The minimum Gasteiger partial charge on any atom is -0.242 e. The summed E-state index contributed by atoms with van der Waals surface area (Å²) >= 11 is 0. The van der Waals surface area contributed by atoms with Crippen LogP contribution in [0, 0.1) is 12.8 Å². The van der Waals surface area contributed by atoms with E-state index in [1.54, 1.807) is 0 Å². The molecule has 0 saturated heterocycles. The van der Waals surface area contributed by atoms with E-state index in [9.17, 15) is 0 Å². The number of allylic oxidation sites excluding steroid dienone is 2. The van der Waals surface area contributed by atoms with Gasteiger partial charge in [-0.25, -0.2) is 37.1 Å². The van der Waals surface area contributed by atoms with Crippen LogP contribution in [0.2, 0.25) is 0 Å². The van der Waals surface area contributed by atoms with E-state index < -0.39 is 0 Å². The summed E-state index contributed by atoms with van der Waals surface area (Å²) in [5.41, 5.74) is 2.26. The Balaban J connectivity index is -0.000000107. The maximum atomic E-state index is 3.62. The van der Waals surface area contributed by atoms with Crippen molar-refractivity contribution in [2.75, 3.05) is 0 Å². The van der Waals surface area contributed by atoms with E-state index in [-0.39, 0.29) is 16.5 Å². The maximum Gasteiger partial charge on any atom is 2.00 e. The Morgan fingerprint density at radius 2 is 1.00 bits per heavy atom. The van der Waals surface area contributed by atoms with Gasteiger partial charge in [-0.15, -0.1) is 13.8 Å². The molecule has 0 aliphatic carbocycles. The fourth-order valence-corrected chi connectivity index (χ4v) is 0. The smallest absolute Gasteiger partial charge is 0.242 e. The van der Waals surface area contributed by atoms with Crippen LogP contribution in [-0.2, 0) is 16.5 Å². The van der Waals surface area contributed by atoms with E-state index in [0.29, 0.717) is 0 Å². The molecule has 0 amide bonds. The molecule has 0 nitrogen and oxygen atoms in total. The van der Waals surface area contributed by atoms with Crippen molar-refractivity contribution in [1.29, 1.82) is 0 Å². The Morgan fingerprint density at radius 3 is 1.00 bits per heavy atom. The molecule has 0 radical (unpaired) electrons. The summed E-state index contributed by atoms with van der Waals surface area (Å²) in [6, 6.07) is 0. The van der Waals surface area contributed by atoms with Crippen LogP contribution in [0.15, 0.2) is 24.3 Å². The summed E-state index contributed by atoms with van der Waals surface area (Å²) in [6.07, 6.45) is 3.94. The Morgan fingerprint density at radius 1 is 0.909 bits per heavy atom. The molecule has 0 aromatic carbocycles. The van der Waals surface area contributed by atoms with E-state index in [1.807, 2.05) is 40.5 Å². The first-order valence-corrected chi connectivity index (χ1v) is 3.44. The zero-order chi connectivity index (χ0) is 8.57. The second-order valence-corrected chi connectivity index (χ2v) is 2.27. The first kappa shape index (κ1) is 17.0. The molecular formula is C10H18Ni. The Kier molecular flexibility index (Phi) is 19.1.